The summed E-state index contributed by atoms with van der Waals surface area (Å²) in [6.07, 6.45) is 4.61. The molecule has 1 aromatic carbocycles. The first-order valence-corrected chi connectivity index (χ1v) is 14.1. The highest BCUT2D eigenvalue weighted by Crippen LogP contribution is 2.33. The van der Waals surface area contributed by atoms with E-state index in [-0.39, 0.29) is 29.5 Å². The average molecular weight is 481 g/mol. The number of likely N-dealkylation sites (tertiary alicyclic amines) is 1. The minimum atomic E-state index is -3.09. The summed E-state index contributed by atoms with van der Waals surface area (Å²) in [5, 5.41) is 5.46. The fourth-order valence-corrected chi connectivity index (χ4v) is 7.01. The van der Waals surface area contributed by atoms with Crippen LogP contribution in [0.5, 0.6) is 0 Å². The van der Waals surface area contributed by atoms with Gasteiger partial charge in [0.25, 0.3) is 5.91 Å². The van der Waals surface area contributed by atoms with Crippen LogP contribution in [0.2, 0.25) is 0 Å². The van der Waals surface area contributed by atoms with Crippen LogP contribution in [0.15, 0.2) is 30.3 Å². The molecule has 4 heterocycles. The maximum absolute atomic E-state index is 13.9. The van der Waals surface area contributed by atoms with Gasteiger partial charge in [-0.2, -0.15) is 5.10 Å². The number of amides is 1. The van der Waals surface area contributed by atoms with Crippen LogP contribution in [-0.2, 0) is 16.3 Å². The molecule has 34 heavy (non-hydrogen) atoms. The van der Waals surface area contributed by atoms with Crippen LogP contribution in [-0.4, -0.2) is 58.1 Å². The van der Waals surface area contributed by atoms with Crippen molar-refractivity contribution in [3.8, 4) is 11.3 Å². The molecule has 0 radical (unpaired) electrons. The summed E-state index contributed by atoms with van der Waals surface area (Å²) in [4.78, 5) is 20.8. The second kappa shape index (κ2) is 8.80. The van der Waals surface area contributed by atoms with Gasteiger partial charge >= 0.3 is 0 Å². The van der Waals surface area contributed by atoms with E-state index in [0.717, 1.165) is 43.2 Å². The second-order valence-electron chi connectivity index (χ2n) is 9.73. The highest BCUT2D eigenvalue weighted by atomic mass is 32.2. The van der Waals surface area contributed by atoms with Crippen molar-refractivity contribution in [2.45, 2.75) is 65.0 Å². The molecule has 5 rings (SSSR count). The van der Waals surface area contributed by atoms with Crippen molar-refractivity contribution in [1.82, 2.24) is 19.7 Å². The number of aromatic nitrogens is 3. The molecule has 7 nitrogen and oxygen atoms in total. The average Bonchev–Trinajstić information content (AvgIpc) is 3.37. The smallest absolute Gasteiger partial charge is 0.254 e. The van der Waals surface area contributed by atoms with Crippen LogP contribution >= 0.6 is 0 Å². The molecule has 0 aliphatic carbocycles. The normalized spacial score (nSPS) is 22.4. The fraction of sp³-hybridized carbons (Fsp3) is 0.500. The Morgan fingerprint density at radius 2 is 1.91 bits per heavy atom. The van der Waals surface area contributed by atoms with Gasteiger partial charge in [-0.15, -0.1) is 0 Å². The van der Waals surface area contributed by atoms with Crippen LogP contribution in [0.3, 0.4) is 0 Å². The zero-order valence-corrected chi connectivity index (χ0v) is 20.9. The molecule has 180 valence electrons. The molecule has 2 fully saturated rings. The quantitative estimate of drug-likeness (QED) is 0.554. The van der Waals surface area contributed by atoms with Gasteiger partial charge in [-0.25, -0.2) is 18.1 Å². The molecule has 0 N–H and O–H groups in total. The first kappa shape index (κ1) is 23.0. The van der Waals surface area contributed by atoms with E-state index < -0.39 is 9.84 Å². The molecule has 1 amide bonds. The number of rotatable bonds is 4. The number of benzene rings is 1. The van der Waals surface area contributed by atoms with E-state index in [1.165, 1.54) is 5.56 Å². The fourth-order valence-electron chi connectivity index (χ4n) is 5.32. The molecule has 3 aromatic rings. The first-order valence-electron chi connectivity index (χ1n) is 12.3. The molecular formula is C26H32N4O3S. The summed E-state index contributed by atoms with van der Waals surface area (Å²) in [7, 11) is -3.09. The molecule has 2 saturated heterocycles. The SMILES string of the molecule is CCc1ccc(-c2cc(C(=O)N3CCCCC3C)c3c(C)nn(C4CCS(=O)(=O)C4)c3n2)cc1. The molecule has 2 aliphatic rings. The van der Waals surface area contributed by atoms with Crippen LogP contribution in [0, 0.1) is 6.92 Å². The van der Waals surface area contributed by atoms with Crippen LogP contribution in [0.4, 0.5) is 0 Å². The Morgan fingerprint density at radius 3 is 2.56 bits per heavy atom. The van der Waals surface area contributed by atoms with Crippen LogP contribution < -0.4 is 0 Å². The minimum absolute atomic E-state index is 0.00715. The molecule has 8 heteroatoms. The summed E-state index contributed by atoms with van der Waals surface area (Å²) in [6, 6.07) is 10.1. The number of hydrogen-bond acceptors (Lipinski definition) is 5. The number of piperidine rings is 1. The Labute approximate surface area is 201 Å². The lowest BCUT2D eigenvalue weighted by atomic mass is 9.99. The summed E-state index contributed by atoms with van der Waals surface area (Å²) in [6.45, 7) is 6.86. The van der Waals surface area contributed by atoms with Gasteiger partial charge in [-0.3, -0.25) is 4.79 Å². The molecule has 2 unspecified atom stereocenters. The van der Waals surface area contributed by atoms with E-state index in [4.69, 9.17) is 10.1 Å². The first-order chi connectivity index (χ1) is 16.3. The van der Waals surface area contributed by atoms with E-state index in [1.54, 1.807) is 4.68 Å². The predicted molar refractivity (Wildman–Crippen MR) is 134 cm³/mol. The Kier molecular flexibility index (Phi) is 5.96. The molecular weight excluding hydrogens is 448 g/mol. The number of fused-ring (bicyclic) bond motifs is 1. The number of sulfone groups is 1. The number of aryl methyl sites for hydroxylation is 2. The van der Waals surface area contributed by atoms with Crippen molar-refractivity contribution < 1.29 is 13.2 Å². The highest BCUT2D eigenvalue weighted by molar-refractivity contribution is 7.91. The van der Waals surface area contributed by atoms with Crippen molar-refractivity contribution >= 4 is 26.8 Å². The minimum Gasteiger partial charge on any atom is -0.336 e. The largest absolute Gasteiger partial charge is 0.336 e. The van der Waals surface area contributed by atoms with Gasteiger partial charge in [0.05, 0.1) is 39.9 Å². The van der Waals surface area contributed by atoms with E-state index in [0.29, 0.717) is 29.0 Å². The standard InChI is InChI=1S/C26H32N4O3S/c1-4-19-8-10-20(11-9-19)23-15-22(26(31)29-13-6-5-7-17(29)2)24-18(3)28-30(25(24)27-23)21-12-14-34(32,33)16-21/h8-11,15,17,21H,4-7,12-14,16H2,1-3H3. The topological polar surface area (TPSA) is 85.2 Å². The number of nitrogens with zero attached hydrogens (tertiary/aromatic N) is 4. The molecule has 2 aliphatic heterocycles. The highest BCUT2D eigenvalue weighted by Gasteiger charge is 2.33. The summed E-state index contributed by atoms with van der Waals surface area (Å²) in [5.74, 6) is 0.229. The van der Waals surface area contributed by atoms with Crippen molar-refractivity contribution in [3.05, 3.63) is 47.2 Å². The molecule has 0 saturated carbocycles. The Hall–Kier alpha value is -2.74. The molecule has 2 atom stereocenters. The van der Waals surface area contributed by atoms with Gasteiger partial charge in [-0.1, -0.05) is 31.2 Å². The summed E-state index contributed by atoms with van der Waals surface area (Å²) in [5.41, 5.74) is 4.81. The third kappa shape index (κ3) is 4.13. The number of pyridine rings is 1. The van der Waals surface area contributed by atoms with Crippen LogP contribution in [0.25, 0.3) is 22.3 Å². The summed E-state index contributed by atoms with van der Waals surface area (Å²) < 4.78 is 26.2. The Morgan fingerprint density at radius 1 is 1.15 bits per heavy atom. The van der Waals surface area contributed by atoms with E-state index in [1.807, 2.05) is 30.0 Å². The van der Waals surface area contributed by atoms with Crippen molar-refractivity contribution in [3.63, 3.8) is 0 Å². The Balaban J connectivity index is 1.69. The van der Waals surface area contributed by atoms with E-state index >= 15 is 0 Å². The van der Waals surface area contributed by atoms with Crippen LogP contribution in [0.1, 0.15) is 67.2 Å². The second-order valence-corrected chi connectivity index (χ2v) is 12.0. The third-order valence-electron chi connectivity index (χ3n) is 7.34. The molecule has 2 aromatic heterocycles. The lowest BCUT2D eigenvalue weighted by molar-refractivity contribution is 0.0637. The van der Waals surface area contributed by atoms with E-state index in [9.17, 15) is 13.2 Å². The number of hydrogen-bond donors (Lipinski definition) is 0. The predicted octanol–water partition coefficient (Wildman–Crippen LogP) is 4.34. The van der Waals surface area contributed by atoms with Gasteiger partial charge in [0.15, 0.2) is 15.5 Å². The van der Waals surface area contributed by atoms with Gasteiger partial charge in [0, 0.05) is 18.2 Å². The zero-order chi connectivity index (χ0) is 24.0. The molecule has 0 bridgehead atoms. The van der Waals surface area contributed by atoms with E-state index in [2.05, 4.69) is 26.0 Å². The van der Waals surface area contributed by atoms with Crippen molar-refractivity contribution in [1.29, 1.82) is 0 Å². The van der Waals surface area contributed by atoms with Crippen molar-refractivity contribution in [2.24, 2.45) is 0 Å². The summed E-state index contributed by atoms with van der Waals surface area (Å²) >= 11 is 0. The lowest BCUT2D eigenvalue weighted by Gasteiger charge is -2.33. The maximum Gasteiger partial charge on any atom is 0.254 e. The van der Waals surface area contributed by atoms with Gasteiger partial charge in [0.2, 0.25) is 0 Å². The maximum atomic E-state index is 13.9. The van der Waals surface area contributed by atoms with Crippen molar-refractivity contribution in [2.75, 3.05) is 18.1 Å². The van der Waals surface area contributed by atoms with Gasteiger partial charge in [-0.05, 0) is 57.6 Å². The Bertz CT molecular complexity index is 1340. The lowest BCUT2D eigenvalue weighted by Crippen LogP contribution is -2.42. The van der Waals surface area contributed by atoms with Gasteiger partial charge in [0.1, 0.15) is 0 Å². The third-order valence-corrected chi connectivity index (χ3v) is 9.09. The number of carbonyl (C=O) groups is 1. The number of carbonyl (C=O) groups excluding carboxylic acids is 1. The van der Waals surface area contributed by atoms with Gasteiger partial charge < -0.3 is 4.90 Å². The monoisotopic (exact) mass is 480 g/mol. The zero-order valence-electron chi connectivity index (χ0n) is 20.1. The molecule has 0 spiro atoms.